The second-order valence-corrected chi connectivity index (χ2v) is 10.7. The highest BCUT2D eigenvalue weighted by molar-refractivity contribution is 5.77. The van der Waals surface area contributed by atoms with E-state index < -0.39 is 0 Å². The maximum atomic E-state index is 2.47. The average molecular weight is 477 g/mol. The molecule has 0 heteroatoms. The van der Waals surface area contributed by atoms with Gasteiger partial charge in [0.15, 0.2) is 0 Å². The zero-order valence-electron chi connectivity index (χ0n) is 22.9. The largest absolute Gasteiger partial charge is 0.0751 e. The monoisotopic (exact) mass is 476 g/mol. The molecule has 3 aromatic carbocycles. The van der Waals surface area contributed by atoms with E-state index >= 15 is 0 Å². The first-order chi connectivity index (χ1) is 17.6. The zero-order valence-corrected chi connectivity index (χ0v) is 22.9. The zero-order chi connectivity index (χ0) is 25.4. The minimum absolute atomic E-state index is 0.118. The topological polar surface area (TPSA) is 0 Å². The number of hydrogen-bond donors (Lipinski definition) is 0. The lowest BCUT2D eigenvalue weighted by atomic mass is 9.68. The van der Waals surface area contributed by atoms with Gasteiger partial charge < -0.3 is 0 Å². The van der Waals surface area contributed by atoms with E-state index in [0.717, 1.165) is 6.42 Å². The van der Waals surface area contributed by atoms with Crippen molar-refractivity contribution in [1.82, 2.24) is 0 Å². The van der Waals surface area contributed by atoms with Crippen LogP contribution in [0.25, 0.3) is 5.57 Å². The maximum Gasteiger partial charge on any atom is 0.0419 e. The summed E-state index contributed by atoms with van der Waals surface area (Å²) in [5.41, 5.74) is 11.2. The molecule has 0 bridgehead atoms. The van der Waals surface area contributed by atoms with Crippen LogP contribution in [0.3, 0.4) is 0 Å². The third kappa shape index (κ3) is 5.92. The maximum absolute atomic E-state index is 2.47. The van der Waals surface area contributed by atoms with Gasteiger partial charge in [-0.3, -0.25) is 0 Å². The third-order valence-corrected chi connectivity index (χ3v) is 8.11. The van der Waals surface area contributed by atoms with Gasteiger partial charge in [0.25, 0.3) is 0 Å². The molecule has 1 aliphatic rings. The van der Waals surface area contributed by atoms with Gasteiger partial charge in [0.05, 0.1) is 0 Å². The number of aryl methyl sites for hydroxylation is 4. The summed E-state index contributed by atoms with van der Waals surface area (Å²) < 4.78 is 0. The van der Waals surface area contributed by atoms with E-state index in [1.165, 1.54) is 95.9 Å². The van der Waals surface area contributed by atoms with Gasteiger partial charge >= 0.3 is 0 Å². The van der Waals surface area contributed by atoms with Crippen molar-refractivity contribution in [2.75, 3.05) is 0 Å². The second-order valence-electron chi connectivity index (χ2n) is 10.7. The molecule has 4 rings (SSSR count). The molecule has 0 nitrogen and oxygen atoms in total. The Morgan fingerprint density at radius 2 is 1.31 bits per heavy atom. The molecule has 36 heavy (non-hydrogen) atoms. The first-order valence-electron chi connectivity index (χ1n) is 14.2. The summed E-state index contributed by atoms with van der Waals surface area (Å²) in [7, 11) is 0. The molecule has 3 aromatic rings. The molecule has 0 spiro atoms. The van der Waals surface area contributed by atoms with E-state index in [9.17, 15) is 0 Å². The van der Waals surface area contributed by atoms with Crippen LogP contribution in [0.4, 0.5) is 0 Å². The van der Waals surface area contributed by atoms with Gasteiger partial charge in [-0.2, -0.15) is 0 Å². The fourth-order valence-corrected chi connectivity index (χ4v) is 5.72. The van der Waals surface area contributed by atoms with Crippen LogP contribution in [0.5, 0.6) is 0 Å². The lowest BCUT2D eigenvalue weighted by Crippen LogP contribution is -2.26. The van der Waals surface area contributed by atoms with Crippen molar-refractivity contribution in [1.29, 1.82) is 0 Å². The van der Waals surface area contributed by atoms with Crippen LogP contribution < -0.4 is 0 Å². The standard InChI is InChI=1S/C36H44/c1-5-7-10-14-30-18-19-33(26-28(30)3)32-22-24-36(25-23-32,34-16-12-9-13-17-34)35-21-20-31(29(4)27-35)15-11-8-6-2/h9,12-13,16-24,26-27H,5-8,10-11,14-15,25H2,1-4H3. The summed E-state index contributed by atoms with van der Waals surface area (Å²) in [5.74, 6) is 0. The van der Waals surface area contributed by atoms with Crippen molar-refractivity contribution in [2.45, 2.75) is 90.9 Å². The second kappa shape index (κ2) is 12.4. The van der Waals surface area contributed by atoms with Gasteiger partial charge in [-0.25, -0.2) is 0 Å². The predicted molar refractivity (Wildman–Crippen MR) is 158 cm³/mol. The number of unbranched alkanes of at least 4 members (excludes halogenated alkanes) is 4. The Bertz CT molecular complexity index is 1190. The molecular weight excluding hydrogens is 432 g/mol. The minimum Gasteiger partial charge on any atom is -0.0751 e. The molecule has 1 atom stereocenters. The lowest BCUT2D eigenvalue weighted by molar-refractivity contribution is 0.647. The highest BCUT2D eigenvalue weighted by atomic mass is 14.4. The Morgan fingerprint density at radius 3 is 1.86 bits per heavy atom. The Morgan fingerprint density at radius 1 is 0.667 bits per heavy atom. The molecule has 0 N–H and O–H groups in total. The number of rotatable bonds is 11. The van der Waals surface area contributed by atoms with Crippen LogP contribution in [-0.2, 0) is 18.3 Å². The quantitative estimate of drug-likeness (QED) is 0.241. The molecule has 0 saturated carbocycles. The molecule has 0 radical (unpaired) electrons. The van der Waals surface area contributed by atoms with Crippen molar-refractivity contribution in [3.8, 4) is 0 Å². The number of benzene rings is 3. The minimum atomic E-state index is -0.118. The first-order valence-corrected chi connectivity index (χ1v) is 14.2. The van der Waals surface area contributed by atoms with Crippen LogP contribution in [0.2, 0.25) is 0 Å². The van der Waals surface area contributed by atoms with E-state index in [1.807, 2.05) is 0 Å². The lowest BCUT2D eigenvalue weighted by Gasteiger charge is -2.34. The van der Waals surface area contributed by atoms with Crippen molar-refractivity contribution >= 4 is 5.57 Å². The third-order valence-electron chi connectivity index (χ3n) is 8.11. The molecule has 0 fully saturated rings. The Balaban J connectivity index is 1.62. The Labute approximate surface area is 220 Å². The van der Waals surface area contributed by atoms with Crippen LogP contribution in [0.15, 0.2) is 85.0 Å². The van der Waals surface area contributed by atoms with Gasteiger partial charge in [0, 0.05) is 5.41 Å². The first kappa shape index (κ1) is 26.2. The highest BCUT2D eigenvalue weighted by Gasteiger charge is 2.33. The van der Waals surface area contributed by atoms with Crippen molar-refractivity contribution in [3.05, 3.63) is 124 Å². The summed E-state index contributed by atoms with van der Waals surface area (Å²) in [5, 5.41) is 0. The van der Waals surface area contributed by atoms with Crippen LogP contribution >= 0.6 is 0 Å². The Hall–Kier alpha value is -2.86. The summed E-state index contributed by atoms with van der Waals surface area (Å²) in [6.07, 6.45) is 18.4. The molecule has 0 aromatic heterocycles. The Kier molecular flexibility index (Phi) is 9.03. The molecule has 188 valence electrons. The van der Waals surface area contributed by atoms with Crippen LogP contribution in [-0.4, -0.2) is 0 Å². The molecule has 0 heterocycles. The van der Waals surface area contributed by atoms with E-state index in [1.54, 1.807) is 0 Å². The average Bonchev–Trinajstić information content (AvgIpc) is 2.91. The predicted octanol–water partition coefficient (Wildman–Crippen LogP) is 10.1. The fourth-order valence-electron chi connectivity index (χ4n) is 5.72. The summed E-state index contributed by atoms with van der Waals surface area (Å²) in [6, 6.07) is 25.4. The number of allylic oxidation sites excluding steroid dienone is 4. The van der Waals surface area contributed by atoms with E-state index in [2.05, 4.69) is 113 Å². The molecule has 1 aliphatic carbocycles. The van der Waals surface area contributed by atoms with Gasteiger partial charge in [0.2, 0.25) is 0 Å². The van der Waals surface area contributed by atoms with Crippen molar-refractivity contribution in [2.24, 2.45) is 0 Å². The van der Waals surface area contributed by atoms with Gasteiger partial charge in [-0.1, -0.05) is 124 Å². The van der Waals surface area contributed by atoms with E-state index in [-0.39, 0.29) is 5.41 Å². The number of hydrogen-bond acceptors (Lipinski definition) is 0. The normalized spacial score (nSPS) is 17.3. The smallest absolute Gasteiger partial charge is 0.0419 e. The van der Waals surface area contributed by atoms with Gasteiger partial charge in [-0.05, 0) is 90.5 Å². The van der Waals surface area contributed by atoms with Crippen molar-refractivity contribution < 1.29 is 0 Å². The van der Waals surface area contributed by atoms with Crippen molar-refractivity contribution in [3.63, 3.8) is 0 Å². The van der Waals surface area contributed by atoms with Crippen LogP contribution in [0, 0.1) is 13.8 Å². The molecule has 0 saturated heterocycles. The van der Waals surface area contributed by atoms with Gasteiger partial charge in [-0.15, -0.1) is 0 Å². The van der Waals surface area contributed by atoms with E-state index in [0.29, 0.717) is 0 Å². The molecule has 0 aliphatic heterocycles. The molecule has 1 unspecified atom stereocenters. The van der Waals surface area contributed by atoms with Crippen LogP contribution in [0.1, 0.15) is 97.7 Å². The summed E-state index contributed by atoms with van der Waals surface area (Å²) in [4.78, 5) is 0. The SMILES string of the molecule is CCCCCc1ccc(C2=CCC(c3ccccc3)(c3ccc(CCCCC)c(C)c3)C=C2)cc1C. The summed E-state index contributed by atoms with van der Waals surface area (Å²) in [6.45, 7) is 9.12. The molecular formula is C36H44. The van der Waals surface area contributed by atoms with Gasteiger partial charge in [0.1, 0.15) is 0 Å². The fraction of sp³-hybridized carbons (Fsp3) is 0.389. The summed E-state index contributed by atoms with van der Waals surface area (Å²) >= 11 is 0. The highest BCUT2D eigenvalue weighted by Crippen LogP contribution is 2.42. The van der Waals surface area contributed by atoms with E-state index in [4.69, 9.17) is 0 Å². The molecule has 0 amide bonds.